The molecule has 0 aliphatic carbocycles. The SMILES string of the molecule is C=C/C=C\C(=C/C)[C@]1(C)N=C(c2cccnc2)N(C=O)[C@]1(C)/C(C=C)=C/C=C.CC.[CH3-].[K+]. The molecule has 0 N–H and O–H groups in total. The average Bonchev–Trinajstić information content (AvgIpc) is 3.02. The van der Waals surface area contributed by atoms with Gasteiger partial charge < -0.3 is 7.43 Å². The summed E-state index contributed by atoms with van der Waals surface area (Å²) in [5.41, 5.74) is 0.984. The summed E-state index contributed by atoms with van der Waals surface area (Å²) in [4.78, 5) is 23.2. The van der Waals surface area contributed by atoms with E-state index >= 15 is 0 Å². The summed E-state index contributed by atoms with van der Waals surface area (Å²) in [5.74, 6) is 0.566. The van der Waals surface area contributed by atoms with Gasteiger partial charge in [0, 0.05) is 18.0 Å². The van der Waals surface area contributed by atoms with Crippen molar-refractivity contribution in [3.05, 3.63) is 111 Å². The summed E-state index contributed by atoms with van der Waals surface area (Å²) in [5, 5.41) is 0. The maximum atomic E-state index is 12.3. The summed E-state index contributed by atoms with van der Waals surface area (Å²) in [6.07, 6.45) is 17.1. The summed E-state index contributed by atoms with van der Waals surface area (Å²) in [6, 6.07) is 3.73. The van der Waals surface area contributed by atoms with Gasteiger partial charge in [0.25, 0.3) is 0 Å². The minimum absolute atomic E-state index is 0. The molecule has 1 aromatic rings. The topological polar surface area (TPSA) is 45.6 Å². The number of allylic oxidation sites excluding steroid dienone is 5. The summed E-state index contributed by atoms with van der Waals surface area (Å²) in [7, 11) is 0. The molecule has 0 saturated carbocycles. The number of aromatic nitrogens is 1. The number of hydrogen-bond acceptors (Lipinski definition) is 3. The number of carbonyl (C=O) groups is 1. The third-order valence-electron chi connectivity index (χ3n) is 5.38. The van der Waals surface area contributed by atoms with E-state index in [1.165, 1.54) is 0 Å². The van der Waals surface area contributed by atoms with E-state index in [0.29, 0.717) is 5.84 Å². The van der Waals surface area contributed by atoms with Gasteiger partial charge in [-0.05, 0) is 44.1 Å². The molecular weight excluding hydrogens is 421 g/mol. The van der Waals surface area contributed by atoms with Crippen LogP contribution < -0.4 is 51.4 Å². The van der Waals surface area contributed by atoms with E-state index in [-0.39, 0.29) is 58.8 Å². The molecule has 1 aromatic heterocycles. The summed E-state index contributed by atoms with van der Waals surface area (Å²) >= 11 is 0. The third-order valence-corrected chi connectivity index (χ3v) is 5.38. The van der Waals surface area contributed by atoms with Crippen LogP contribution in [0.2, 0.25) is 0 Å². The van der Waals surface area contributed by atoms with E-state index in [9.17, 15) is 4.79 Å². The Balaban J connectivity index is 0. The Morgan fingerprint density at radius 1 is 1.12 bits per heavy atom. The van der Waals surface area contributed by atoms with Crippen LogP contribution in [0.4, 0.5) is 0 Å². The molecule has 1 amide bonds. The van der Waals surface area contributed by atoms with Crippen LogP contribution in [0.25, 0.3) is 0 Å². The minimum Gasteiger partial charge on any atom is -0.358 e. The van der Waals surface area contributed by atoms with Gasteiger partial charge in [0.2, 0.25) is 6.41 Å². The quantitative estimate of drug-likeness (QED) is 0.260. The third kappa shape index (κ3) is 6.03. The molecule has 0 saturated heterocycles. The molecule has 2 atom stereocenters. The Kier molecular flexibility index (Phi) is 15.5. The maximum absolute atomic E-state index is 12.3. The number of hydrogen-bond donors (Lipinski definition) is 0. The van der Waals surface area contributed by atoms with Crippen molar-refractivity contribution in [2.75, 3.05) is 0 Å². The molecule has 4 nitrogen and oxygen atoms in total. The standard InChI is InChI=1S/C24H27N3O.C2H6.CH3.K/c1-7-11-15-20(9-3)23(5)24(6,21(10-4)13-8-2)27(18-28)22(26-23)19-14-12-16-25-17-19;1-2;;/h7-18H,1-2,4H2,3,5-6H3;1-2H3;1H3;/q;;-1;+1/b15-11-,20-9+,21-13+;;;/t23-,24+;;;/m0.../s1. The first-order valence-electron chi connectivity index (χ1n) is 10.1. The van der Waals surface area contributed by atoms with Crippen LogP contribution in [0.5, 0.6) is 0 Å². The van der Waals surface area contributed by atoms with Crippen molar-refractivity contribution in [1.82, 2.24) is 9.88 Å². The van der Waals surface area contributed by atoms with Crippen LogP contribution in [0.1, 0.15) is 40.2 Å². The first-order valence-corrected chi connectivity index (χ1v) is 10.1. The monoisotopic (exact) mass is 457 g/mol. The second kappa shape index (κ2) is 15.2. The number of nitrogens with zero attached hydrogens (tertiary/aromatic N) is 3. The Morgan fingerprint density at radius 3 is 2.22 bits per heavy atom. The fraction of sp³-hybridized carbons (Fsp3) is 0.259. The largest absolute Gasteiger partial charge is 1.00 e. The van der Waals surface area contributed by atoms with Gasteiger partial charge >= 0.3 is 51.4 Å². The molecule has 0 fully saturated rings. The van der Waals surface area contributed by atoms with Crippen LogP contribution in [0.3, 0.4) is 0 Å². The molecule has 0 bridgehead atoms. The van der Waals surface area contributed by atoms with E-state index in [2.05, 4.69) is 24.7 Å². The van der Waals surface area contributed by atoms with Gasteiger partial charge in [0.1, 0.15) is 16.9 Å². The maximum Gasteiger partial charge on any atom is 1.00 e. The second-order valence-electron chi connectivity index (χ2n) is 6.70. The fourth-order valence-electron chi connectivity index (χ4n) is 3.71. The summed E-state index contributed by atoms with van der Waals surface area (Å²) in [6.45, 7) is 21.5. The molecule has 0 unspecified atom stereocenters. The van der Waals surface area contributed by atoms with E-state index < -0.39 is 11.1 Å². The van der Waals surface area contributed by atoms with Gasteiger partial charge in [-0.3, -0.25) is 19.7 Å². The van der Waals surface area contributed by atoms with Crippen molar-refractivity contribution in [1.29, 1.82) is 0 Å². The zero-order valence-electron chi connectivity index (χ0n) is 20.8. The van der Waals surface area contributed by atoms with Gasteiger partial charge in [-0.2, -0.15) is 0 Å². The predicted molar refractivity (Wildman–Crippen MR) is 135 cm³/mol. The molecular formula is C27H36KN3O. The zero-order valence-corrected chi connectivity index (χ0v) is 23.9. The normalized spacial score (nSPS) is 22.5. The smallest absolute Gasteiger partial charge is 0.358 e. The summed E-state index contributed by atoms with van der Waals surface area (Å²) < 4.78 is 0. The molecule has 5 heteroatoms. The van der Waals surface area contributed by atoms with Crippen molar-refractivity contribution < 1.29 is 56.2 Å². The average molecular weight is 458 g/mol. The molecule has 0 radical (unpaired) electrons. The van der Waals surface area contributed by atoms with Crippen LogP contribution in [0, 0.1) is 7.43 Å². The molecule has 166 valence electrons. The number of aliphatic imine (C=N–C) groups is 1. The molecule has 1 aliphatic heterocycles. The number of carbonyl (C=O) groups excluding carboxylic acids is 1. The van der Waals surface area contributed by atoms with Gasteiger partial charge in [-0.25, -0.2) is 0 Å². The molecule has 1 aliphatic rings. The van der Waals surface area contributed by atoms with Crippen molar-refractivity contribution in [2.24, 2.45) is 4.99 Å². The van der Waals surface area contributed by atoms with Gasteiger partial charge in [-0.15, -0.1) is 0 Å². The molecule has 2 heterocycles. The van der Waals surface area contributed by atoms with Crippen LogP contribution in [-0.2, 0) is 4.79 Å². The van der Waals surface area contributed by atoms with E-state index in [0.717, 1.165) is 23.1 Å². The number of rotatable bonds is 8. The minimum atomic E-state index is -0.816. The van der Waals surface area contributed by atoms with Crippen molar-refractivity contribution in [3.63, 3.8) is 0 Å². The Labute approximate surface area is 237 Å². The predicted octanol–water partition coefficient (Wildman–Crippen LogP) is 3.28. The van der Waals surface area contributed by atoms with Crippen molar-refractivity contribution in [2.45, 2.75) is 45.7 Å². The molecule has 0 spiro atoms. The van der Waals surface area contributed by atoms with Crippen molar-refractivity contribution >= 4 is 12.2 Å². The number of amides is 1. The van der Waals surface area contributed by atoms with Crippen molar-refractivity contribution in [3.8, 4) is 0 Å². The molecule has 2 rings (SSSR count). The first-order chi connectivity index (χ1) is 14.4. The number of pyridine rings is 1. The van der Waals surface area contributed by atoms with E-state index in [4.69, 9.17) is 4.99 Å². The fourth-order valence-corrected chi connectivity index (χ4v) is 3.71. The first kappa shape index (κ1) is 32.5. The van der Waals surface area contributed by atoms with E-state index in [1.54, 1.807) is 35.5 Å². The zero-order chi connectivity index (χ0) is 22.8. The second-order valence-corrected chi connectivity index (χ2v) is 6.70. The Morgan fingerprint density at radius 2 is 1.78 bits per heavy atom. The van der Waals surface area contributed by atoms with E-state index in [1.807, 2.05) is 71.1 Å². The van der Waals surface area contributed by atoms with Gasteiger partial charge in [-0.1, -0.05) is 76.1 Å². The van der Waals surface area contributed by atoms with Crippen LogP contribution >= 0.6 is 0 Å². The van der Waals surface area contributed by atoms with Crippen LogP contribution in [-0.4, -0.2) is 33.2 Å². The Hall–Kier alpha value is -1.63. The van der Waals surface area contributed by atoms with Gasteiger partial charge in [0.15, 0.2) is 0 Å². The number of amidine groups is 1. The molecule has 0 aromatic carbocycles. The molecule has 32 heavy (non-hydrogen) atoms. The van der Waals surface area contributed by atoms with Crippen LogP contribution in [0.15, 0.2) is 103 Å². The van der Waals surface area contributed by atoms with Gasteiger partial charge in [0.05, 0.1) is 0 Å². The Bertz CT molecular complexity index is 899.